The zero-order valence-corrected chi connectivity index (χ0v) is 27.9. The lowest BCUT2D eigenvalue weighted by Gasteiger charge is -2.50. The third-order valence-corrected chi connectivity index (χ3v) is 12.7. The van der Waals surface area contributed by atoms with Gasteiger partial charge in [0.2, 0.25) is 0 Å². The molecule has 1 heterocycles. The van der Waals surface area contributed by atoms with E-state index in [0.29, 0.717) is 0 Å². The molecule has 10 rings (SSSR count). The summed E-state index contributed by atoms with van der Waals surface area (Å²) in [5, 5.41) is 0. The molecule has 6 aromatic rings. The summed E-state index contributed by atoms with van der Waals surface area (Å²) < 4.78 is 5.69. The minimum atomic E-state index is -0.330. The second-order valence-electron chi connectivity index (χ2n) is 14.7. The zero-order valence-electron chi connectivity index (χ0n) is 27.9. The summed E-state index contributed by atoms with van der Waals surface area (Å²) in [6, 6.07) is 50.4. The molecule has 3 aliphatic carbocycles. The van der Waals surface area contributed by atoms with E-state index < -0.39 is 0 Å². The second kappa shape index (κ2) is 9.73. The first-order valence-electron chi connectivity index (χ1n) is 17.5. The summed E-state index contributed by atoms with van der Waals surface area (Å²) in [4.78, 5) is 2.63. The molecule has 4 aliphatic rings. The van der Waals surface area contributed by atoms with Gasteiger partial charge in [0.15, 0.2) is 0 Å². The van der Waals surface area contributed by atoms with Crippen molar-refractivity contribution in [1.82, 2.24) is 0 Å². The highest BCUT2D eigenvalue weighted by molar-refractivity contribution is 5.96. The van der Waals surface area contributed by atoms with Crippen LogP contribution in [0.15, 0.2) is 133 Å². The van der Waals surface area contributed by atoms with Gasteiger partial charge in [0.05, 0.1) is 18.1 Å². The Morgan fingerprint density at radius 1 is 0.521 bits per heavy atom. The van der Waals surface area contributed by atoms with Gasteiger partial charge in [-0.15, -0.1) is 0 Å². The number of anilines is 2. The molecule has 2 heteroatoms. The Hall–Kier alpha value is -5.08. The number of rotatable bonds is 3. The summed E-state index contributed by atoms with van der Waals surface area (Å²) in [5.74, 6) is 0.904. The molecule has 234 valence electrons. The van der Waals surface area contributed by atoms with Crippen LogP contribution in [0.4, 0.5) is 11.4 Å². The predicted molar refractivity (Wildman–Crippen MR) is 198 cm³/mol. The number of benzene rings is 6. The molecular weight excluding hydrogens is 583 g/mol. The Labute approximate surface area is 283 Å². The minimum Gasteiger partial charge on any atom is -0.497 e. The van der Waals surface area contributed by atoms with Crippen molar-refractivity contribution in [2.75, 3.05) is 12.0 Å². The van der Waals surface area contributed by atoms with Gasteiger partial charge in [-0.05, 0) is 111 Å². The van der Waals surface area contributed by atoms with Crippen LogP contribution in [0.25, 0.3) is 33.4 Å². The van der Waals surface area contributed by atoms with Gasteiger partial charge < -0.3 is 9.64 Å². The van der Waals surface area contributed by atoms with E-state index in [1.165, 1.54) is 98.3 Å². The number of methoxy groups -OCH3 is 1. The minimum absolute atomic E-state index is 0.0144. The molecule has 0 N–H and O–H groups in total. The maximum atomic E-state index is 5.69. The lowest BCUT2D eigenvalue weighted by Crippen LogP contribution is -2.54. The summed E-state index contributed by atoms with van der Waals surface area (Å²) in [6.07, 6.45) is 4.88. The SMILES string of the molecule is COc1cccc(N2c3ccc(-c4ccc5c(c4)C4(c6ccccc6-c6ccccc64)c4ccccc4-5)cc3C3(C)CCCCC23C)c1. The Morgan fingerprint density at radius 3 is 1.73 bits per heavy atom. The van der Waals surface area contributed by atoms with Crippen molar-refractivity contribution >= 4 is 11.4 Å². The molecular formula is C46H39NO. The van der Waals surface area contributed by atoms with Crippen molar-refractivity contribution in [2.45, 2.75) is 55.9 Å². The van der Waals surface area contributed by atoms with Crippen LogP contribution >= 0.6 is 0 Å². The molecule has 0 radical (unpaired) electrons. The molecule has 2 unspecified atom stereocenters. The lowest BCUT2D eigenvalue weighted by molar-refractivity contribution is 0.195. The molecule has 48 heavy (non-hydrogen) atoms. The average molecular weight is 622 g/mol. The average Bonchev–Trinajstić information content (AvgIpc) is 3.68. The second-order valence-corrected chi connectivity index (χ2v) is 14.7. The van der Waals surface area contributed by atoms with Crippen LogP contribution < -0.4 is 9.64 Å². The highest BCUT2D eigenvalue weighted by atomic mass is 16.5. The molecule has 1 aliphatic heterocycles. The largest absolute Gasteiger partial charge is 0.497 e. The zero-order chi connectivity index (χ0) is 32.3. The number of nitrogens with zero attached hydrogens (tertiary/aromatic N) is 1. The Balaban J connectivity index is 1.18. The fraction of sp³-hybridized carbons (Fsp3) is 0.217. The number of fused-ring (bicyclic) bond motifs is 13. The molecule has 1 saturated carbocycles. The van der Waals surface area contributed by atoms with Crippen molar-refractivity contribution in [3.8, 4) is 39.1 Å². The summed E-state index contributed by atoms with van der Waals surface area (Å²) in [6.45, 7) is 5.02. The van der Waals surface area contributed by atoms with Gasteiger partial charge in [-0.2, -0.15) is 0 Å². The Bertz CT molecular complexity index is 2240. The van der Waals surface area contributed by atoms with Crippen LogP contribution in [0.1, 0.15) is 67.3 Å². The predicted octanol–water partition coefficient (Wildman–Crippen LogP) is 11.4. The quantitative estimate of drug-likeness (QED) is 0.195. The first-order chi connectivity index (χ1) is 23.5. The van der Waals surface area contributed by atoms with E-state index in [4.69, 9.17) is 4.74 Å². The maximum Gasteiger partial charge on any atom is 0.120 e. The van der Waals surface area contributed by atoms with Gasteiger partial charge in [0, 0.05) is 22.9 Å². The lowest BCUT2D eigenvalue weighted by atomic mass is 9.61. The highest BCUT2D eigenvalue weighted by Crippen LogP contribution is 2.64. The highest BCUT2D eigenvalue weighted by Gasteiger charge is 2.58. The number of hydrogen-bond acceptors (Lipinski definition) is 2. The third kappa shape index (κ3) is 3.33. The van der Waals surface area contributed by atoms with Crippen LogP contribution in [0.2, 0.25) is 0 Å². The van der Waals surface area contributed by atoms with Crippen molar-refractivity contribution in [3.05, 3.63) is 161 Å². The van der Waals surface area contributed by atoms with E-state index >= 15 is 0 Å². The standard InChI is InChI=1S/C46H39NO/c1-44-25-10-11-26-45(44,2)47(32-13-12-14-33(29-32)48-3)43-24-22-31(28-42(43)44)30-21-23-37-36-17-6-9-20-40(36)46(41(37)27-30)38-18-7-4-15-34(38)35-16-5-8-19-39(35)46/h4-9,12-24,27-29H,10-11,25-26H2,1-3H3. The van der Waals surface area contributed by atoms with E-state index in [-0.39, 0.29) is 16.4 Å². The molecule has 0 saturated heterocycles. The molecule has 0 amide bonds. The third-order valence-electron chi connectivity index (χ3n) is 12.7. The molecule has 0 bridgehead atoms. The first-order valence-corrected chi connectivity index (χ1v) is 17.5. The van der Waals surface area contributed by atoms with Gasteiger partial charge in [0.25, 0.3) is 0 Å². The maximum absolute atomic E-state index is 5.69. The van der Waals surface area contributed by atoms with Gasteiger partial charge in [-0.25, -0.2) is 0 Å². The molecule has 0 aromatic heterocycles. The van der Waals surface area contributed by atoms with Crippen molar-refractivity contribution < 1.29 is 4.74 Å². The fourth-order valence-corrected chi connectivity index (χ4v) is 10.3. The summed E-state index contributed by atoms with van der Waals surface area (Å²) in [5.41, 5.74) is 17.3. The van der Waals surface area contributed by atoms with Crippen LogP contribution in [0, 0.1) is 0 Å². The Kier molecular flexibility index (Phi) is 5.67. The van der Waals surface area contributed by atoms with Crippen LogP contribution in [-0.4, -0.2) is 12.6 Å². The van der Waals surface area contributed by atoms with Crippen molar-refractivity contribution in [3.63, 3.8) is 0 Å². The molecule has 2 atom stereocenters. The Morgan fingerprint density at radius 2 is 1.08 bits per heavy atom. The van der Waals surface area contributed by atoms with Gasteiger partial charge in [-0.3, -0.25) is 0 Å². The summed E-state index contributed by atoms with van der Waals surface area (Å²) in [7, 11) is 1.76. The van der Waals surface area contributed by atoms with Crippen LogP contribution in [0.3, 0.4) is 0 Å². The summed E-state index contributed by atoms with van der Waals surface area (Å²) >= 11 is 0. The van der Waals surface area contributed by atoms with Crippen LogP contribution in [0.5, 0.6) is 5.75 Å². The number of hydrogen-bond donors (Lipinski definition) is 0. The first kappa shape index (κ1) is 28.0. The normalized spacial score (nSPS) is 22.0. The van der Waals surface area contributed by atoms with Gasteiger partial charge in [-0.1, -0.05) is 117 Å². The van der Waals surface area contributed by atoms with E-state index in [1.807, 2.05) is 6.07 Å². The fourth-order valence-electron chi connectivity index (χ4n) is 10.3. The van der Waals surface area contributed by atoms with E-state index in [9.17, 15) is 0 Å². The van der Waals surface area contributed by atoms with Crippen molar-refractivity contribution in [2.24, 2.45) is 0 Å². The van der Waals surface area contributed by atoms with E-state index in [2.05, 4.69) is 146 Å². The van der Waals surface area contributed by atoms with Gasteiger partial charge >= 0.3 is 0 Å². The van der Waals surface area contributed by atoms with E-state index in [0.717, 1.165) is 5.75 Å². The monoisotopic (exact) mass is 621 g/mol. The van der Waals surface area contributed by atoms with E-state index in [1.54, 1.807) is 7.11 Å². The van der Waals surface area contributed by atoms with Gasteiger partial charge in [0.1, 0.15) is 5.75 Å². The molecule has 2 nitrogen and oxygen atoms in total. The van der Waals surface area contributed by atoms with Crippen LogP contribution in [-0.2, 0) is 10.8 Å². The number of ether oxygens (including phenoxy) is 1. The topological polar surface area (TPSA) is 12.5 Å². The molecule has 1 fully saturated rings. The smallest absolute Gasteiger partial charge is 0.120 e. The molecule has 6 aromatic carbocycles. The van der Waals surface area contributed by atoms with Crippen molar-refractivity contribution in [1.29, 1.82) is 0 Å². The molecule has 1 spiro atoms.